The molecule has 0 bridgehead atoms. The molecule has 3 heteroatoms. The molecule has 0 unspecified atom stereocenters. The Morgan fingerprint density at radius 2 is 1.82 bits per heavy atom. The molecule has 0 aromatic carbocycles. The van der Waals surface area contributed by atoms with Gasteiger partial charge in [0, 0.05) is 12.5 Å². The van der Waals surface area contributed by atoms with Crippen molar-refractivity contribution >= 4 is 14.6 Å². The lowest BCUT2D eigenvalue weighted by molar-refractivity contribution is -0.108. The maximum atomic E-state index is 10.4. The van der Waals surface area contributed by atoms with Gasteiger partial charge in [0.15, 0.2) is 8.32 Å². The van der Waals surface area contributed by atoms with Crippen molar-refractivity contribution < 1.29 is 9.22 Å². The maximum absolute atomic E-state index is 10.4. The molecule has 0 amide bonds. The normalized spacial score (nSPS) is 16.6. The fraction of sp³-hybridized carbons (Fsp3) is 0.929. The maximum Gasteiger partial charge on any atom is 0.192 e. The topological polar surface area (TPSA) is 26.3 Å². The molecule has 0 N–H and O–H groups in total. The van der Waals surface area contributed by atoms with Crippen LogP contribution in [0.1, 0.15) is 53.9 Å². The van der Waals surface area contributed by atoms with E-state index in [9.17, 15) is 4.79 Å². The summed E-state index contributed by atoms with van der Waals surface area (Å²) in [6.45, 7) is 15.8. The molecule has 0 aliphatic heterocycles. The lowest BCUT2D eigenvalue weighted by Crippen LogP contribution is -2.45. The third kappa shape index (κ3) is 5.34. The van der Waals surface area contributed by atoms with Gasteiger partial charge in [0.25, 0.3) is 0 Å². The first-order valence-corrected chi connectivity index (χ1v) is 9.68. The first-order chi connectivity index (χ1) is 7.65. The minimum Gasteiger partial charge on any atom is -0.414 e. The number of aldehydes is 1. The van der Waals surface area contributed by atoms with Crippen molar-refractivity contribution in [3.63, 3.8) is 0 Å². The lowest BCUT2D eigenvalue weighted by atomic mass is 9.98. The van der Waals surface area contributed by atoms with E-state index in [0.29, 0.717) is 18.4 Å². The number of hydrogen-bond donors (Lipinski definition) is 0. The summed E-state index contributed by atoms with van der Waals surface area (Å²) in [7, 11) is -1.68. The summed E-state index contributed by atoms with van der Waals surface area (Å²) in [5, 5.41) is 0.255. The van der Waals surface area contributed by atoms with Crippen LogP contribution < -0.4 is 0 Å². The minimum absolute atomic E-state index is 0.255. The molecular weight excluding hydrogens is 228 g/mol. The zero-order chi connectivity index (χ0) is 13.7. The van der Waals surface area contributed by atoms with Crippen LogP contribution in [0.3, 0.4) is 0 Å². The van der Waals surface area contributed by atoms with Crippen molar-refractivity contribution in [2.45, 2.75) is 78.1 Å². The number of hydrogen-bond acceptors (Lipinski definition) is 2. The number of carbonyl (C=O) groups is 1. The minimum atomic E-state index is -1.68. The summed E-state index contributed by atoms with van der Waals surface area (Å²) in [4.78, 5) is 10.4. The highest BCUT2D eigenvalue weighted by molar-refractivity contribution is 6.74. The van der Waals surface area contributed by atoms with Crippen molar-refractivity contribution in [2.24, 2.45) is 5.92 Å². The molecule has 0 aromatic rings. The van der Waals surface area contributed by atoms with Gasteiger partial charge >= 0.3 is 0 Å². The van der Waals surface area contributed by atoms with Crippen molar-refractivity contribution in [1.29, 1.82) is 0 Å². The molecule has 0 spiro atoms. The fourth-order valence-electron chi connectivity index (χ4n) is 1.67. The molecule has 0 saturated carbocycles. The molecule has 0 radical (unpaired) electrons. The Morgan fingerprint density at radius 1 is 1.29 bits per heavy atom. The van der Waals surface area contributed by atoms with E-state index < -0.39 is 8.32 Å². The Morgan fingerprint density at radius 3 is 2.18 bits per heavy atom. The summed E-state index contributed by atoms with van der Waals surface area (Å²) in [6.07, 6.45) is 3.94. The Balaban J connectivity index is 4.53. The van der Waals surface area contributed by atoms with Crippen LogP contribution in [-0.2, 0) is 9.22 Å². The van der Waals surface area contributed by atoms with E-state index in [1.807, 2.05) is 0 Å². The molecule has 0 aliphatic rings. The molecule has 0 fully saturated rings. The molecule has 0 heterocycles. The third-order valence-corrected chi connectivity index (χ3v) is 8.53. The van der Waals surface area contributed by atoms with Crippen molar-refractivity contribution in [3.8, 4) is 0 Å². The van der Waals surface area contributed by atoms with Gasteiger partial charge in [-0.25, -0.2) is 0 Å². The summed E-state index contributed by atoms with van der Waals surface area (Å²) in [6, 6.07) is 0. The monoisotopic (exact) mass is 258 g/mol. The van der Waals surface area contributed by atoms with Crippen LogP contribution in [0.15, 0.2) is 0 Å². The molecule has 0 aliphatic carbocycles. The van der Waals surface area contributed by atoms with E-state index in [-0.39, 0.29) is 5.04 Å². The van der Waals surface area contributed by atoms with Gasteiger partial charge in [-0.05, 0) is 36.9 Å². The SMILES string of the molecule is CC[C@@H](O[Si](C)(C)C(C)(C)C)[C@H](C)CCC=O. The van der Waals surface area contributed by atoms with Crippen LogP contribution in [0.5, 0.6) is 0 Å². The van der Waals surface area contributed by atoms with E-state index in [2.05, 4.69) is 47.7 Å². The van der Waals surface area contributed by atoms with Crippen LogP contribution in [0.4, 0.5) is 0 Å². The molecule has 0 aromatic heterocycles. The van der Waals surface area contributed by atoms with Crippen LogP contribution in [0.2, 0.25) is 18.1 Å². The van der Waals surface area contributed by atoms with Gasteiger partial charge in [-0.3, -0.25) is 0 Å². The fourth-order valence-corrected chi connectivity index (χ4v) is 3.18. The zero-order valence-electron chi connectivity index (χ0n) is 12.7. The highest BCUT2D eigenvalue weighted by Crippen LogP contribution is 2.38. The second-order valence-electron chi connectivity index (χ2n) is 6.55. The Bertz CT molecular complexity index is 231. The van der Waals surface area contributed by atoms with Gasteiger partial charge in [0.2, 0.25) is 0 Å². The lowest BCUT2D eigenvalue weighted by Gasteiger charge is -2.40. The largest absolute Gasteiger partial charge is 0.414 e. The molecule has 0 saturated heterocycles. The molecule has 0 rings (SSSR count). The zero-order valence-corrected chi connectivity index (χ0v) is 13.7. The van der Waals surface area contributed by atoms with Crippen LogP contribution in [0, 0.1) is 5.92 Å². The first kappa shape index (κ1) is 16.8. The van der Waals surface area contributed by atoms with Crippen LogP contribution in [-0.4, -0.2) is 20.7 Å². The number of rotatable bonds is 7. The van der Waals surface area contributed by atoms with E-state index in [1.54, 1.807) is 0 Å². The van der Waals surface area contributed by atoms with Gasteiger partial charge in [-0.2, -0.15) is 0 Å². The molecule has 2 atom stereocenters. The van der Waals surface area contributed by atoms with E-state index in [1.165, 1.54) is 0 Å². The van der Waals surface area contributed by atoms with Gasteiger partial charge < -0.3 is 9.22 Å². The van der Waals surface area contributed by atoms with Crippen molar-refractivity contribution in [2.75, 3.05) is 0 Å². The van der Waals surface area contributed by atoms with Gasteiger partial charge in [0.1, 0.15) is 6.29 Å². The van der Waals surface area contributed by atoms with E-state index in [4.69, 9.17) is 4.43 Å². The molecule has 17 heavy (non-hydrogen) atoms. The molecule has 102 valence electrons. The van der Waals surface area contributed by atoms with E-state index in [0.717, 1.165) is 19.1 Å². The quantitative estimate of drug-likeness (QED) is 0.500. The van der Waals surface area contributed by atoms with Crippen LogP contribution >= 0.6 is 0 Å². The van der Waals surface area contributed by atoms with Gasteiger partial charge in [-0.15, -0.1) is 0 Å². The molecular formula is C14H30O2Si. The van der Waals surface area contributed by atoms with Gasteiger partial charge in [0.05, 0.1) is 0 Å². The van der Waals surface area contributed by atoms with Crippen molar-refractivity contribution in [1.82, 2.24) is 0 Å². The Kier molecular flexibility index (Phi) is 6.63. The smallest absolute Gasteiger partial charge is 0.192 e. The van der Waals surface area contributed by atoms with Crippen LogP contribution in [0.25, 0.3) is 0 Å². The second kappa shape index (κ2) is 6.69. The molecule has 2 nitrogen and oxygen atoms in total. The standard InChI is InChI=1S/C14H30O2Si/c1-8-13(12(2)10-9-11-15)16-17(6,7)14(3,4)5/h11-13H,8-10H2,1-7H3/t12-,13-/m1/s1. The predicted molar refractivity (Wildman–Crippen MR) is 76.8 cm³/mol. The average molecular weight is 258 g/mol. The predicted octanol–water partition coefficient (Wildman–Crippen LogP) is 4.40. The number of carbonyl (C=O) groups excluding carboxylic acids is 1. The summed E-state index contributed by atoms with van der Waals surface area (Å²) in [5.74, 6) is 0.472. The highest BCUT2D eigenvalue weighted by atomic mass is 28.4. The average Bonchev–Trinajstić information content (AvgIpc) is 2.20. The van der Waals surface area contributed by atoms with Crippen molar-refractivity contribution in [3.05, 3.63) is 0 Å². The summed E-state index contributed by atoms with van der Waals surface area (Å²) < 4.78 is 6.43. The van der Waals surface area contributed by atoms with E-state index >= 15 is 0 Å². The Labute approximate surface area is 108 Å². The summed E-state index contributed by atoms with van der Waals surface area (Å²) >= 11 is 0. The second-order valence-corrected chi connectivity index (χ2v) is 11.3. The third-order valence-electron chi connectivity index (χ3n) is 4.03. The van der Waals surface area contributed by atoms with Gasteiger partial charge in [-0.1, -0.05) is 34.6 Å². The summed E-state index contributed by atoms with van der Waals surface area (Å²) in [5.41, 5.74) is 0. The Hall–Kier alpha value is -0.153. The first-order valence-electron chi connectivity index (χ1n) is 6.77. The highest BCUT2D eigenvalue weighted by Gasteiger charge is 2.39.